The van der Waals surface area contributed by atoms with Gasteiger partial charge in [-0.2, -0.15) is 0 Å². The largest absolute Gasteiger partial charge is 0.353 e. The third-order valence-corrected chi connectivity index (χ3v) is 4.05. The van der Waals surface area contributed by atoms with E-state index in [9.17, 15) is 0 Å². The van der Waals surface area contributed by atoms with Gasteiger partial charge in [-0.1, -0.05) is 28.1 Å². The summed E-state index contributed by atoms with van der Waals surface area (Å²) in [5, 5.41) is 1.12. The predicted octanol–water partition coefficient (Wildman–Crippen LogP) is 4.04. The number of pyridine rings is 1. The molecule has 1 atom stereocenters. The van der Waals surface area contributed by atoms with Crippen LogP contribution >= 0.6 is 15.9 Å². The summed E-state index contributed by atoms with van der Waals surface area (Å²) >= 11 is 3.55. The molecule has 1 aromatic carbocycles. The number of aromatic nitrogens is 1. The molecule has 1 aliphatic rings. The minimum atomic E-state index is -0.0591. The molecule has 3 nitrogen and oxygen atoms in total. The van der Waals surface area contributed by atoms with Crippen molar-refractivity contribution in [2.45, 2.75) is 32.2 Å². The molecule has 0 saturated carbocycles. The van der Waals surface area contributed by atoms with Crippen molar-refractivity contribution in [2.24, 2.45) is 0 Å². The van der Waals surface area contributed by atoms with Gasteiger partial charge in [-0.05, 0) is 31.4 Å². The second-order valence-electron chi connectivity index (χ2n) is 4.71. The zero-order chi connectivity index (χ0) is 13.1. The number of halogens is 1. The number of hydrogen-bond acceptors (Lipinski definition) is 3. The van der Waals surface area contributed by atoms with Crippen molar-refractivity contribution in [2.75, 3.05) is 6.61 Å². The lowest BCUT2D eigenvalue weighted by Gasteiger charge is -2.22. The number of rotatable bonds is 3. The number of nitrogens with zero attached hydrogens (tertiary/aromatic N) is 1. The highest BCUT2D eigenvalue weighted by molar-refractivity contribution is 9.10. The van der Waals surface area contributed by atoms with E-state index >= 15 is 0 Å². The zero-order valence-corrected chi connectivity index (χ0v) is 12.2. The second kappa shape index (κ2) is 5.99. The first-order valence-electron chi connectivity index (χ1n) is 6.60. The molecule has 0 spiro atoms. The molecule has 3 rings (SSSR count). The summed E-state index contributed by atoms with van der Waals surface area (Å²) in [7, 11) is 0. The van der Waals surface area contributed by atoms with Gasteiger partial charge in [0.2, 0.25) is 0 Å². The summed E-state index contributed by atoms with van der Waals surface area (Å²) < 4.78 is 12.5. The highest BCUT2D eigenvalue weighted by Gasteiger charge is 2.15. The van der Waals surface area contributed by atoms with Crippen LogP contribution in [0.5, 0.6) is 0 Å². The quantitative estimate of drug-likeness (QED) is 0.854. The average molecular weight is 322 g/mol. The molecular weight excluding hydrogens is 306 g/mol. The maximum absolute atomic E-state index is 5.84. The lowest BCUT2D eigenvalue weighted by atomic mass is 10.1. The van der Waals surface area contributed by atoms with E-state index in [0.29, 0.717) is 6.61 Å². The predicted molar refractivity (Wildman–Crippen MR) is 77.8 cm³/mol. The molecule has 0 unspecified atom stereocenters. The van der Waals surface area contributed by atoms with E-state index in [1.165, 1.54) is 6.42 Å². The molecule has 1 saturated heterocycles. The van der Waals surface area contributed by atoms with E-state index < -0.39 is 0 Å². The van der Waals surface area contributed by atoms with Crippen LogP contribution < -0.4 is 0 Å². The number of benzene rings is 1. The number of hydrogen-bond donors (Lipinski definition) is 0. The molecule has 19 heavy (non-hydrogen) atoms. The van der Waals surface area contributed by atoms with Gasteiger partial charge in [0.15, 0.2) is 6.29 Å². The lowest BCUT2D eigenvalue weighted by Crippen LogP contribution is -2.22. The monoisotopic (exact) mass is 321 g/mol. The fourth-order valence-electron chi connectivity index (χ4n) is 2.34. The van der Waals surface area contributed by atoms with Gasteiger partial charge in [-0.3, -0.25) is 4.98 Å². The number of fused-ring (bicyclic) bond motifs is 1. The van der Waals surface area contributed by atoms with E-state index in [0.717, 1.165) is 40.4 Å². The van der Waals surface area contributed by atoms with Crippen molar-refractivity contribution < 1.29 is 9.47 Å². The van der Waals surface area contributed by atoms with Crippen LogP contribution in [0.2, 0.25) is 0 Å². The van der Waals surface area contributed by atoms with Gasteiger partial charge in [-0.15, -0.1) is 0 Å². The van der Waals surface area contributed by atoms with Crippen LogP contribution in [0.15, 0.2) is 34.9 Å². The first-order valence-corrected chi connectivity index (χ1v) is 7.39. The Morgan fingerprint density at radius 1 is 1.32 bits per heavy atom. The Kier molecular flexibility index (Phi) is 4.11. The normalized spacial score (nSPS) is 19.7. The van der Waals surface area contributed by atoms with Crippen molar-refractivity contribution in [1.29, 1.82) is 0 Å². The SMILES string of the molecule is Brc1ccc(CO[C@H]2CCCCO2)c2ncccc12. The van der Waals surface area contributed by atoms with Gasteiger partial charge in [0, 0.05) is 28.2 Å². The molecular formula is C15H16BrNO2. The van der Waals surface area contributed by atoms with Crippen LogP contribution in [0.1, 0.15) is 24.8 Å². The van der Waals surface area contributed by atoms with Gasteiger partial charge < -0.3 is 9.47 Å². The molecule has 2 heterocycles. The average Bonchev–Trinajstić information content (AvgIpc) is 2.48. The fraction of sp³-hybridized carbons (Fsp3) is 0.400. The summed E-state index contributed by atoms with van der Waals surface area (Å²) in [6.45, 7) is 1.36. The van der Waals surface area contributed by atoms with E-state index in [1.807, 2.05) is 18.3 Å². The van der Waals surface area contributed by atoms with Gasteiger partial charge in [0.1, 0.15) is 0 Å². The summed E-state index contributed by atoms with van der Waals surface area (Å²) in [5.74, 6) is 0. The summed E-state index contributed by atoms with van der Waals surface area (Å²) in [6.07, 6.45) is 5.07. The Morgan fingerprint density at radius 2 is 2.26 bits per heavy atom. The summed E-state index contributed by atoms with van der Waals surface area (Å²) in [6, 6.07) is 8.11. The summed E-state index contributed by atoms with van der Waals surface area (Å²) in [5.41, 5.74) is 2.10. The Balaban J connectivity index is 1.79. The maximum Gasteiger partial charge on any atom is 0.158 e. The third kappa shape index (κ3) is 2.96. The molecule has 100 valence electrons. The van der Waals surface area contributed by atoms with Crippen LogP contribution in [0.3, 0.4) is 0 Å². The molecule has 0 N–H and O–H groups in total. The Morgan fingerprint density at radius 3 is 3.11 bits per heavy atom. The third-order valence-electron chi connectivity index (χ3n) is 3.36. The Labute approximate surface area is 121 Å². The molecule has 2 aromatic rings. The van der Waals surface area contributed by atoms with Crippen LogP contribution in [-0.4, -0.2) is 17.9 Å². The molecule has 0 aliphatic carbocycles. The smallest absolute Gasteiger partial charge is 0.158 e. The van der Waals surface area contributed by atoms with Gasteiger partial charge in [-0.25, -0.2) is 0 Å². The van der Waals surface area contributed by atoms with Crippen molar-refractivity contribution >= 4 is 26.8 Å². The van der Waals surface area contributed by atoms with Crippen molar-refractivity contribution in [3.63, 3.8) is 0 Å². The highest BCUT2D eigenvalue weighted by Crippen LogP contribution is 2.26. The van der Waals surface area contributed by atoms with Gasteiger partial charge in [0.05, 0.1) is 12.1 Å². The van der Waals surface area contributed by atoms with Crippen molar-refractivity contribution in [3.8, 4) is 0 Å². The van der Waals surface area contributed by atoms with Crippen molar-refractivity contribution in [1.82, 2.24) is 4.98 Å². The molecule has 1 fully saturated rings. The van der Waals surface area contributed by atoms with Crippen molar-refractivity contribution in [3.05, 3.63) is 40.5 Å². The van der Waals surface area contributed by atoms with E-state index in [4.69, 9.17) is 9.47 Å². The van der Waals surface area contributed by atoms with E-state index in [2.05, 4.69) is 33.0 Å². The highest BCUT2D eigenvalue weighted by atomic mass is 79.9. The molecule has 0 amide bonds. The second-order valence-corrected chi connectivity index (χ2v) is 5.57. The topological polar surface area (TPSA) is 31.4 Å². The van der Waals surface area contributed by atoms with Crippen LogP contribution in [-0.2, 0) is 16.1 Å². The number of ether oxygens (including phenoxy) is 2. The fourth-order valence-corrected chi connectivity index (χ4v) is 2.79. The van der Waals surface area contributed by atoms with Crippen LogP contribution in [0, 0.1) is 0 Å². The van der Waals surface area contributed by atoms with Gasteiger partial charge in [0.25, 0.3) is 0 Å². The maximum atomic E-state index is 5.84. The molecule has 1 aromatic heterocycles. The standard InChI is InChI=1S/C15H16BrNO2/c16-13-7-6-11(15-12(13)4-3-8-17-15)10-19-14-5-1-2-9-18-14/h3-4,6-8,14H,1-2,5,9-10H2/t14-/m0/s1. The Bertz CT molecular complexity index is 567. The molecule has 0 bridgehead atoms. The van der Waals surface area contributed by atoms with Gasteiger partial charge >= 0.3 is 0 Å². The van der Waals surface area contributed by atoms with E-state index in [1.54, 1.807) is 0 Å². The summed E-state index contributed by atoms with van der Waals surface area (Å²) in [4.78, 5) is 4.45. The van der Waals surface area contributed by atoms with Crippen LogP contribution in [0.4, 0.5) is 0 Å². The molecule has 4 heteroatoms. The van der Waals surface area contributed by atoms with E-state index in [-0.39, 0.29) is 6.29 Å². The zero-order valence-electron chi connectivity index (χ0n) is 10.6. The lowest BCUT2D eigenvalue weighted by molar-refractivity contribution is -0.168. The minimum Gasteiger partial charge on any atom is -0.353 e. The first kappa shape index (κ1) is 13.0. The molecule has 1 aliphatic heterocycles. The Hall–Kier alpha value is -0.970. The van der Waals surface area contributed by atoms with Crippen LogP contribution in [0.25, 0.3) is 10.9 Å². The first-order chi connectivity index (χ1) is 9.34. The minimum absolute atomic E-state index is 0.0591. The molecule has 0 radical (unpaired) electrons.